The molecule has 0 amide bonds. The molecule has 1 atom stereocenters. The number of allylic oxidation sites excluding steroid dienone is 4. The van der Waals surface area contributed by atoms with Gasteiger partial charge in [-0.15, -0.1) is 24.8 Å². The van der Waals surface area contributed by atoms with Gasteiger partial charge in [0.05, 0.1) is 0 Å². The van der Waals surface area contributed by atoms with E-state index in [0.717, 1.165) is 17.8 Å². The van der Waals surface area contributed by atoms with Crippen LogP contribution in [0.2, 0.25) is 0 Å². The van der Waals surface area contributed by atoms with Gasteiger partial charge < -0.3 is 0 Å². The van der Waals surface area contributed by atoms with Gasteiger partial charge in [0.15, 0.2) is 0 Å². The summed E-state index contributed by atoms with van der Waals surface area (Å²) in [5, 5.41) is 0. The number of halogens is 2. The first-order chi connectivity index (χ1) is 8.86. The summed E-state index contributed by atoms with van der Waals surface area (Å²) in [7, 11) is 0. The predicted octanol–water partition coefficient (Wildman–Crippen LogP) is 5.98. The molecule has 2 fully saturated rings. The van der Waals surface area contributed by atoms with E-state index in [4.69, 9.17) is 0 Å². The Morgan fingerprint density at radius 3 is 1.95 bits per heavy atom. The molecule has 3 aliphatic rings. The van der Waals surface area contributed by atoms with Crippen LogP contribution in [0.5, 0.6) is 0 Å². The second-order valence-corrected chi connectivity index (χ2v) is 7.33. The molecule has 0 radical (unpaired) electrons. The Kier molecular flexibility index (Phi) is 8.50. The van der Waals surface area contributed by atoms with Gasteiger partial charge in [-0.1, -0.05) is 0 Å². The van der Waals surface area contributed by atoms with E-state index in [1.807, 2.05) is 5.57 Å². The summed E-state index contributed by atoms with van der Waals surface area (Å²) in [4.78, 5) is 0. The van der Waals surface area contributed by atoms with Crippen molar-refractivity contribution in [3.05, 3.63) is 21.6 Å². The first kappa shape index (κ1) is 18.8. The van der Waals surface area contributed by atoms with Crippen molar-refractivity contribution < 1.29 is 20.4 Å². The minimum atomic E-state index is 0. The maximum atomic E-state index is 2.55. The van der Waals surface area contributed by atoms with Gasteiger partial charge in [0, 0.05) is 0 Å². The number of hydrogen-bond donors (Lipinski definition) is 0. The second kappa shape index (κ2) is 9.04. The molecule has 0 heterocycles. The summed E-state index contributed by atoms with van der Waals surface area (Å²) in [6.07, 6.45) is 19.7. The standard InChI is InChI=1S/C17H25.2ClH.Ti/c1-3-8-14(9-4-1)16-12-7-13-17(16)15-10-5-2-6-11-15;;;/h7,12,14-16H,1-6,8-11H2;2*1H;. The molecular weight excluding hydrogens is 323 g/mol. The summed E-state index contributed by atoms with van der Waals surface area (Å²) >= 11 is 2.36. The van der Waals surface area contributed by atoms with E-state index >= 15 is 0 Å². The summed E-state index contributed by atoms with van der Waals surface area (Å²) in [6.45, 7) is 0. The van der Waals surface area contributed by atoms with E-state index < -0.39 is 0 Å². The molecule has 0 aromatic rings. The zero-order valence-electron chi connectivity index (χ0n) is 12.3. The van der Waals surface area contributed by atoms with Gasteiger partial charge in [-0.25, -0.2) is 0 Å². The predicted molar refractivity (Wildman–Crippen MR) is 87.3 cm³/mol. The van der Waals surface area contributed by atoms with Crippen molar-refractivity contribution >= 4 is 24.8 Å². The summed E-state index contributed by atoms with van der Waals surface area (Å²) in [5.41, 5.74) is 1.86. The van der Waals surface area contributed by atoms with E-state index in [-0.39, 0.29) is 24.8 Å². The molecule has 3 aliphatic carbocycles. The molecule has 0 nitrogen and oxygen atoms in total. The molecule has 0 N–H and O–H groups in total. The molecule has 0 spiro atoms. The molecule has 3 rings (SSSR count). The van der Waals surface area contributed by atoms with E-state index in [2.05, 4.69) is 32.6 Å². The van der Waals surface area contributed by atoms with E-state index in [1.165, 1.54) is 64.2 Å². The average Bonchev–Trinajstić information content (AvgIpc) is 2.83. The molecule has 0 aliphatic heterocycles. The van der Waals surface area contributed by atoms with Gasteiger partial charge in [0.1, 0.15) is 0 Å². The molecule has 0 aromatic carbocycles. The van der Waals surface area contributed by atoms with Crippen molar-refractivity contribution in [2.45, 2.75) is 64.2 Å². The molecule has 3 heteroatoms. The normalized spacial score (nSPS) is 28.1. The molecule has 1 unspecified atom stereocenters. The zero-order chi connectivity index (χ0) is 12.4. The van der Waals surface area contributed by atoms with Crippen LogP contribution < -0.4 is 0 Å². The van der Waals surface area contributed by atoms with Crippen LogP contribution >= 0.6 is 24.8 Å². The van der Waals surface area contributed by atoms with Crippen LogP contribution in [0.4, 0.5) is 0 Å². The quantitative estimate of drug-likeness (QED) is 0.538. The monoisotopic (exact) mass is 349 g/mol. The first-order valence-corrected chi connectivity index (χ1v) is 8.78. The third-order valence-electron chi connectivity index (χ3n) is 5.34. The van der Waals surface area contributed by atoms with Crippen molar-refractivity contribution in [2.24, 2.45) is 17.8 Å². The SMILES string of the molecule is Cl.Cl.[Ti][C]1=C(C2CCCCC2)C(C2CCCCC2)C=C1. The van der Waals surface area contributed by atoms with E-state index in [1.54, 1.807) is 3.88 Å². The van der Waals surface area contributed by atoms with Crippen LogP contribution in [0.1, 0.15) is 64.2 Å². The second-order valence-electron chi connectivity index (χ2n) is 6.49. The van der Waals surface area contributed by atoms with Gasteiger partial charge in [0.2, 0.25) is 0 Å². The third kappa shape index (κ3) is 4.16. The third-order valence-corrected chi connectivity index (χ3v) is 6.05. The Balaban J connectivity index is 0.000001000. The van der Waals surface area contributed by atoms with Crippen LogP contribution in [0.25, 0.3) is 0 Å². The van der Waals surface area contributed by atoms with Crippen LogP contribution in [-0.2, 0) is 20.4 Å². The number of rotatable bonds is 2. The molecule has 113 valence electrons. The Bertz CT molecular complexity index is 350. The van der Waals surface area contributed by atoms with Crippen molar-refractivity contribution in [3.63, 3.8) is 0 Å². The van der Waals surface area contributed by atoms with Gasteiger partial charge in [-0.05, 0) is 0 Å². The molecular formula is C17H27Cl2Ti. The summed E-state index contributed by atoms with van der Waals surface area (Å²) in [6, 6.07) is 0. The Morgan fingerprint density at radius 2 is 1.35 bits per heavy atom. The minimum absolute atomic E-state index is 0. The fourth-order valence-corrected chi connectivity index (χ4v) is 5.12. The van der Waals surface area contributed by atoms with Gasteiger partial charge >= 0.3 is 124 Å². The molecule has 20 heavy (non-hydrogen) atoms. The summed E-state index contributed by atoms with van der Waals surface area (Å²) < 4.78 is 1.62. The van der Waals surface area contributed by atoms with Crippen molar-refractivity contribution in [3.8, 4) is 0 Å². The summed E-state index contributed by atoms with van der Waals surface area (Å²) in [5.74, 6) is 2.73. The van der Waals surface area contributed by atoms with Crippen LogP contribution in [0.3, 0.4) is 0 Å². The molecule has 2 saturated carbocycles. The van der Waals surface area contributed by atoms with Crippen LogP contribution in [0.15, 0.2) is 21.6 Å². The van der Waals surface area contributed by atoms with Crippen molar-refractivity contribution in [2.75, 3.05) is 0 Å². The van der Waals surface area contributed by atoms with E-state index in [9.17, 15) is 0 Å². The van der Waals surface area contributed by atoms with Gasteiger partial charge in [0.25, 0.3) is 0 Å². The number of hydrogen-bond acceptors (Lipinski definition) is 0. The van der Waals surface area contributed by atoms with Crippen molar-refractivity contribution in [1.82, 2.24) is 0 Å². The maximum absolute atomic E-state index is 2.55. The fraction of sp³-hybridized carbons (Fsp3) is 0.765. The Labute approximate surface area is 148 Å². The van der Waals surface area contributed by atoms with Crippen molar-refractivity contribution in [1.29, 1.82) is 0 Å². The average molecular weight is 350 g/mol. The Hall–Kier alpha value is 0.774. The van der Waals surface area contributed by atoms with Gasteiger partial charge in [-0.2, -0.15) is 0 Å². The zero-order valence-corrected chi connectivity index (χ0v) is 15.5. The van der Waals surface area contributed by atoms with E-state index in [0.29, 0.717) is 0 Å². The van der Waals surface area contributed by atoms with Crippen LogP contribution in [0, 0.1) is 17.8 Å². The Morgan fingerprint density at radius 1 is 0.800 bits per heavy atom. The van der Waals surface area contributed by atoms with Gasteiger partial charge in [-0.3, -0.25) is 0 Å². The molecule has 0 saturated heterocycles. The topological polar surface area (TPSA) is 0 Å². The van der Waals surface area contributed by atoms with Crippen LogP contribution in [-0.4, -0.2) is 0 Å². The molecule has 0 bridgehead atoms. The molecule has 0 aromatic heterocycles. The first-order valence-electron chi connectivity index (χ1n) is 8.00. The fourth-order valence-electron chi connectivity index (χ4n) is 4.39.